The maximum Gasteiger partial charge on any atom is 0.334 e. The van der Waals surface area contributed by atoms with E-state index < -0.39 is 11.2 Å². The van der Waals surface area contributed by atoms with Gasteiger partial charge in [-0.3, -0.25) is 4.79 Å². The third kappa shape index (κ3) is 5.76. The molecule has 20 heavy (non-hydrogen) atoms. The minimum absolute atomic E-state index is 0.0836. The van der Waals surface area contributed by atoms with Gasteiger partial charge < -0.3 is 9.47 Å². The number of hydrogen-bond donors (Lipinski definition) is 0. The van der Waals surface area contributed by atoms with E-state index in [0.29, 0.717) is 5.57 Å². The zero-order valence-corrected chi connectivity index (χ0v) is 13.4. The predicted octanol–water partition coefficient (Wildman–Crippen LogP) is 3.40. The molecule has 1 unspecified atom stereocenters. The lowest BCUT2D eigenvalue weighted by Crippen LogP contribution is -2.28. The molecule has 0 aromatic heterocycles. The average molecular weight is 282 g/mol. The van der Waals surface area contributed by atoms with Crippen LogP contribution in [0.3, 0.4) is 0 Å². The Bertz CT molecular complexity index is 407. The molecule has 0 N–H and O–H groups in total. The molecule has 0 aromatic carbocycles. The first-order valence-corrected chi connectivity index (χ1v) is 7.13. The summed E-state index contributed by atoms with van der Waals surface area (Å²) in [5, 5.41) is 0. The minimum Gasteiger partial charge on any atom is -0.460 e. The number of rotatable bonds is 3. The van der Waals surface area contributed by atoms with Crippen molar-refractivity contribution in [3.05, 3.63) is 11.6 Å². The number of esters is 2. The normalized spacial score (nSPS) is 19.5. The molecule has 0 bridgehead atoms. The van der Waals surface area contributed by atoms with Crippen molar-refractivity contribution in [2.45, 2.75) is 72.0 Å². The molecule has 4 heteroatoms. The van der Waals surface area contributed by atoms with Gasteiger partial charge in [-0.15, -0.1) is 0 Å². The first kappa shape index (κ1) is 16.7. The first-order valence-electron chi connectivity index (χ1n) is 7.13. The first-order chi connectivity index (χ1) is 8.98. The van der Waals surface area contributed by atoms with Crippen LogP contribution >= 0.6 is 0 Å². The van der Waals surface area contributed by atoms with Crippen molar-refractivity contribution in [2.75, 3.05) is 0 Å². The Morgan fingerprint density at radius 3 is 2.15 bits per heavy atom. The van der Waals surface area contributed by atoms with Gasteiger partial charge in [0.25, 0.3) is 0 Å². The number of ether oxygens (including phenoxy) is 2. The van der Waals surface area contributed by atoms with E-state index in [0.717, 1.165) is 12.8 Å². The summed E-state index contributed by atoms with van der Waals surface area (Å²) in [6.07, 6.45) is 3.72. The summed E-state index contributed by atoms with van der Waals surface area (Å²) in [6, 6.07) is 0. The SMILES string of the molecule is CC(C)(C)OC(=O)CC1CCC=C1C(=O)OC(C)(C)C. The lowest BCUT2D eigenvalue weighted by Gasteiger charge is -2.23. The highest BCUT2D eigenvalue weighted by molar-refractivity contribution is 5.90. The van der Waals surface area contributed by atoms with Crippen molar-refractivity contribution < 1.29 is 19.1 Å². The molecule has 0 fully saturated rings. The van der Waals surface area contributed by atoms with Crippen LogP contribution in [0.15, 0.2) is 11.6 Å². The smallest absolute Gasteiger partial charge is 0.334 e. The Labute approximate surface area is 121 Å². The van der Waals surface area contributed by atoms with Crippen molar-refractivity contribution in [1.29, 1.82) is 0 Å². The number of carbonyl (C=O) groups excluding carboxylic acids is 2. The van der Waals surface area contributed by atoms with Crippen LogP contribution in [-0.2, 0) is 19.1 Å². The van der Waals surface area contributed by atoms with Gasteiger partial charge >= 0.3 is 11.9 Å². The van der Waals surface area contributed by atoms with Crippen LogP contribution in [0.1, 0.15) is 60.8 Å². The molecular weight excluding hydrogens is 256 g/mol. The number of hydrogen-bond acceptors (Lipinski definition) is 4. The molecule has 0 aromatic rings. The zero-order chi connectivity index (χ0) is 15.6. The van der Waals surface area contributed by atoms with E-state index in [-0.39, 0.29) is 24.3 Å². The molecule has 0 spiro atoms. The van der Waals surface area contributed by atoms with E-state index in [4.69, 9.17) is 9.47 Å². The van der Waals surface area contributed by atoms with E-state index in [1.807, 2.05) is 47.6 Å². The van der Waals surface area contributed by atoms with Crippen molar-refractivity contribution in [1.82, 2.24) is 0 Å². The van der Waals surface area contributed by atoms with Gasteiger partial charge in [0.15, 0.2) is 0 Å². The lowest BCUT2D eigenvalue weighted by molar-refractivity contribution is -0.156. The van der Waals surface area contributed by atoms with E-state index in [9.17, 15) is 9.59 Å². The summed E-state index contributed by atoms with van der Waals surface area (Å²) < 4.78 is 10.7. The van der Waals surface area contributed by atoms with Gasteiger partial charge in [-0.05, 0) is 54.4 Å². The van der Waals surface area contributed by atoms with Gasteiger partial charge in [0.2, 0.25) is 0 Å². The van der Waals surface area contributed by atoms with E-state index >= 15 is 0 Å². The maximum atomic E-state index is 12.1. The van der Waals surface area contributed by atoms with Gasteiger partial charge in [-0.2, -0.15) is 0 Å². The summed E-state index contributed by atoms with van der Waals surface area (Å²) in [5.41, 5.74) is -0.395. The summed E-state index contributed by atoms with van der Waals surface area (Å²) in [7, 11) is 0. The zero-order valence-electron chi connectivity index (χ0n) is 13.4. The molecule has 114 valence electrons. The molecule has 0 saturated carbocycles. The molecule has 0 radical (unpaired) electrons. The molecule has 1 aliphatic rings. The number of carbonyl (C=O) groups is 2. The van der Waals surface area contributed by atoms with Gasteiger partial charge in [0.1, 0.15) is 11.2 Å². The highest BCUT2D eigenvalue weighted by atomic mass is 16.6. The highest BCUT2D eigenvalue weighted by Gasteiger charge is 2.31. The van der Waals surface area contributed by atoms with Gasteiger partial charge in [0.05, 0.1) is 6.42 Å². The van der Waals surface area contributed by atoms with Crippen LogP contribution in [-0.4, -0.2) is 23.1 Å². The third-order valence-electron chi connectivity index (χ3n) is 2.79. The Kier molecular flexibility index (Phi) is 5.00. The molecule has 0 heterocycles. The molecule has 0 aliphatic heterocycles. The Morgan fingerprint density at radius 1 is 1.10 bits per heavy atom. The van der Waals surface area contributed by atoms with E-state index in [1.54, 1.807) is 0 Å². The fraction of sp³-hybridized carbons (Fsp3) is 0.750. The standard InChI is InChI=1S/C16H26O4/c1-15(2,3)19-13(17)10-11-8-7-9-12(11)14(18)20-16(4,5)6/h9,11H,7-8,10H2,1-6H3. The summed E-state index contributed by atoms with van der Waals surface area (Å²) in [6.45, 7) is 11.0. The fourth-order valence-corrected chi connectivity index (χ4v) is 2.15. The molecule has 1 rings (SSSR count). The van der Waals surface area contributed by atoms with Crippen molar-refractivity contribution in [2.24, 2.45) is 5.92 Å². The van der Waals surface area contributed by atoms with Crippen LogP contribution in [0.5, 0.6) is 0 Å². The molecule has 0 amide bonds. The number of allylic oxidation sites excluding steroid dienone is 1. The Hall–Kier alpha value is -1.32. The van der Waals surface area contributed by atoms with Gasteiger partial charge in [-0.25, -0.2) is 4.79 Å². The quantitative estimate of drug-likeness (QED) is 0.744. The molecule has 1 atom stereocenters. The van der Waals surface area contributed by atoms with Crippen molar-refractivity contribution in [3.63, 3.8) is 0 Å². The maximum absolute atomic E-state index is 12.1. The summed E-state index contributed by atoms with van der Waals surface area (Å²) in [4.78, 5) is 24.0. The molecular formula is C16H26O4. The second-order valence-electron chi connectivity index (χ2n) is 7.23. The Balaban J connectivity index is 2.62. The summed E-state index contributed by atoms with van der Waals surface area (Å²) >= 11 is 0. The highest BCUT2D eigenvalue weighted by Crippen LogP contribution is 2.31. The van der Waals surface area contributed by atoms with Gasteiger partial charge in [-0.1, -0.05) is 6.08 Å². The largest absolute Gasteiger partial charge is 0.460 e. The van der Waals surface area contributed by atoms with Crippen LogP contribution in [0.2, 0.25) is 0 Å². The molecule has 4 nitrogen and oxygen atoms in total. The van der Waals surface area contributed by atoms with Gasteiger partial charge in [0, 0.05) is 11.5 Å². The topological polar surface area (TPSA) is 52.6 Å². The second-order valence-corrected chi connectivity index (χ2v) is 7.23. The van der Waals surface area contributed by atoms with E-state index in [1.165, 1.54) is 0 Å². The lowest BCUT2D eigenvalue weighted by atomic mass is 9.97. The van der Waals surface area contributed by atoms with Crippen LogP contribution in [0, 0.1) is 5.92 Å². The van der Waals surface area contributed by atoms with Crippen molar-refractivity contribution in [3.8, 4) is 0 Å². The van der Waals surface area contributed by atoms with Crippen LogP contribution in [0.25, 0.3) is 0 Å². The van der Waals surface area contributed by atoms with Crippen LogP contribution < -0.4 is 0 Å². The van der Waals surface area contributed by atoms with Crippen molar-refractivity contribution >= 4 is 11.9 Å². The average Bonchev–Trinajstić information content (AvgIpc) is 2.59. The third-order valence-corrected chi connectivity index (χ3v) is 2.79. The summed E-state index contributed by atoms with van der Waals surface area (Å²) in [5.74, 6) is -0.665. The monoisotopic (exact) mass is 282 g/mol. The molecule has 1 aliphatic carbocycles. The Morgan fingerprint density at radius 2 is 1.65 bits per heavy atom. The predicted molar refractivity (Wildman–Crippen MR) is 77.1 cm³/mol. The minimum atomic E-state index is -0.517. The second kappa shape index (κ2) is 5.98. The molecule has 0 saturated heterocycles. The van der Waals surface area contributed by atoms with Crippen LogP contribution in [0.4, 0.5) is 0 Å². The van der Waals surface area contributed by atoms with E-state index in [2.05, 4.69) is 0 Å². The fourth-order valence-electron chi connectivity index (χ4n) is 2.15.